The zero-order valence-corrected chi connectivity index (χ0v) is 16.3. The molecule has 148 valence electrons. The molecule has 0 N–H and O–H groups in total. The Hall–Kier alpha value is -1.83. The number of hydrogen-bond donors (Lipinski definition) is 0. The van der Waals surface area contributed by atoms with Gasteiger partial charge in [-0.3, -0.25) is 14.5 Å². The molecule has 0 aliphatic carbocycles. The number of likely N-dealkylation sites (tertiary alicyclic amines) is 1. The van der Waals surface area contributed by atoms with Crippen LogP contribution in [0.2, 0.25) is 0 Å². The molecule has 8 heteroatoms. The van der Waals surface area contributed by atoms with E-state index in [-0.39, 0.29) is 23.8 Å². The summed E-state index contributed by atoms with van der Waals surface area (Å²) in [5.41, 5.74) is 0. The molecule has 26 heavy (non-hydrogen) atoms. The lowest BCUT2D eigenvalue weighted by atomic mass is 9.95. The lowest BCUT2D eigenvalue weighted by Gasteiger charge is -2.35. The molecule has 2 aliphatic rings. The predicted octanol–water partition coefficient (Wildman–Crippen LogP) is 0.477. The van der Waals surface area contributed by atoms with Gasteiger partial charge in [0.15, 0.2) is 0 Å². The second-order valence-electron chi connectivity index (χ2n) is 7.20. The summed E-state index contributed by atoms with van der Waals surface area (Å²) < 4.78 is 5.00. The van der Waals surface area contributed by atoms with Gasteiger partial charge in [0.05, 0.1) is 13.2 Å². The molecule has 2 saturated heterocycles. The van der Waals surface area contributed by atoms with Crippen molar-refractivity contribution < 1.29 is 19.1 Å². The van der Waals surface area contributed by atoms with Gasteiger partial charge < -0.3 is 19.4 Å². The summed E-state index contributed by atoms with van der Waals surface area (Å²) in [4.78, 5) is 43.9. The third kappa shape index (κ3) is 5.59. The van der Waals surface area contributed by atoms with E-state index in [1.54, 1.807) is 25.9 Å². The second-order valence-corrected chi connectivity index (χ2v) is 7.20. The number of carbonyl (C=O) groups excluding carboxylic acids is 3. The summed E-state index contributed by atoms with van der Waals surface area (Å²) >= 11 is 0. The topological polar surface area (TPSA) is 73.4 Å². The number of rotatable bonds is 4. The van der Waals surface area contributed by atoms with Crippen LogP contribution in [0.4, 0.5) is 4.79 Å². The van der Waals surface area contributed by atoms with Gasteiger partial charge in [-0.1, -0.05) is 0 Å². The molecule has 0 bridgehead atoms. The normalized spacial score (nSPS) is 19.8. The first-order chi connectivity index (χ1) is 12.4. The van der Waals surface area contributed by atoms with Crippen LogP contribution in [-0.4, -0.2) is 104 Å². The van der Waals surface area contributed by atoms with Crippen molar-refractivity contribution in [1.29, 1.82) is 0 Å². The SMILES string of the molecule is CCOC(=O)CN1CCCN(C(=O)C2CCN(C(=O)N(C)C)CC2)CC1. The van der Waals surface area contributed by atoms with Crippen molar-refractivity contribution in [2.24, 2.45) is 5.92 Å². The van der Waals surface area contributed by atoms with Crippen LogP contribution in [0.25, 0.3) is 0 Å². The Kier molecular flexibility index (Phi) is 7.68. The zero-order valence-electron chi connectivity index (χ0n) is 16.3. The summed E-state index contributed by atoms with van der Waals surface area (Å²) in [6.07, 6.45) is 2.31. The first-order valence-corrected chi connectivity index (χ1v) is 9.55. The van der Waals surface area contributed by atoms with E-state index in [4.69, 9.17) is 4.74 Å². The highest BCUT2D eigenvalue weighted by Gasteiger charge is 2.31. The Labute approximate surface area is 156 Å². The van der Waals surface area contributed by atoms with E-state index in [0.29, 0.717) is 39.3 Å². The standard InChI is InChI=1S/C18H32N4O4/c1-4-26-16(23)14-20-8-5-9-21(13-12-20)17(24)15-6-10-22(11-7-15)18(25)19(2)3/h15H,4-14H2,1-3H3. The van der Waals surface area contributed by atoms with Crippen molar-refractivity contribution in [2.75, 3.05) is 66.5 Å². The Balaban J connectivity index is 1.80. The maximum Gasteiger partial charge on any atom is 0.320 e. The maximum atomic E-state index is 12.8. The van der Waals surface area contributed by atoms with E-state index in [1.807, 2.05) is 9.80 Å². The molecule has 0 aromatic rings. The molecule has 3 amide bonds. The molecule has 2 rings (SSSR count). The van der Waals surface area contributed by atoms with E-state index in [1.165, 1.54) is 0 Å². The van der Waals surface area contributed by atoms with Crippen molar-refractivity contribution in [3.05, 3.63) is 0 Å². The Bertz CT molecular complexity index is 503. The number of ether oxygens (including phenoxy) is 1. The van der Waals surface area contributed by atoms with Crippen LogP contribution in [0.15, 0.2) is 0 Å². The fourth-order valence-electron chi connectivity index (χ4n) is 3.60. The Morgan fingerprint density at radius 2 is 1.65 bits per heavy atom. The number of esters is 1. The smallest absolute Gasteiger partial charge is 0.320 e. The van der Waals surface area contributed by atoms with Crippen molar-refractivity contribution in [2.45, 2.75) is 26.2 Å². The Morgan fingerprint density at radius 1 is 0.962 bits per heavy atom. The molecule has 0 aromatic carbocycles. The van der Waals surface area contributed by atoms with Crippen LogP contribution in [-0.2, 0) is 14.3 Å². The van der Waals surface area contributed by atoms with Gasteiger partial charge in [-0.05, 0) is 26.2 Å². The molecule has 0 aromatic heterocycles. The first-order valence-electron chi connectivity index (χ1n) is 9.55. The van der Waals surface area contributed by atoms with Crippen molar-refractivity contribution in [3.8, 4) is 0 Å². The first kappa shape index (κ1) is 20.5. The fraction of sp³-hybridized carbons (Fsp3) is 0.833. The average molecular weight is 368 g/mol. The van der Waals surface area contributed by atoms with Gasteiger partial charge >= 0.3 is 12.0 Å². The molecule has 0 spiro atoms. The number of amides is 3. The number of piperidine rings is 1. The van der Waals surface area contributed by atoms with Gasteiger partial charge in [-0.25, -0.2) is 4.79 Å². The zero-order chi connectivity index (χ0) is 19.1. The summed E-state index contributed by atoms with van der Waals surface area (Å²) in [6, 6.07) is 0.0141. The Morgan fingerprint density at radius 3 is 2.27 bits per heavy atom. The van der Waals surface area contributed by atoms with Crippen LogP contribution < -0.4 is 0 Å². The minimum Gasteiger partial charge on any atom is -0.465 e. The second kappa shape index (κ2) is 9.75. The van der Waals surface area contributed by atoms with Crippen molar-refractivity contribution in [1.82, 2.24) is 19.6 Å². The van der Waals surface area contributed by atoms with Gasteiger partial charge in [0, 0.05) is 59.3 Å². The molecule has 2 heterocycles. The predicted molar refractivity (Wildman–Crippen MR) is 97.7 cm³/mol. The van der Waals surface area contributed by atoms with E-state index in [2.05, 4.69) is 4.90 Å². The molecule has 0 unspecified atom stereocenters. The lowest BCUT2D eigenvalue weighted by Crippen LogP contribution is -2.47. The maximum absolute atomic E-state index is 12.8. The minimum atomic E-state index is -0.204. The molecular weight excluding hydrogens is 336 g/mol. The minimum absolute atomic E-state index is 0.00202. The third-order valence-corrected chi connectivity index (χ3v) is 5.06. The highest BCUT2D eigenvalue weighted by atomic mass is 16.5. The molecule has 2 fully saturated rings. The van der Waals surface area contributed by atoms with Gasteiger partial charge in [-0.15, -0.1) is 0 Å². The number of carbonyl (C=O) groups is 3. The van der Waals surface area contributed by atoms with E-state index in [9.17, 15) is 14.4 Å². The summed E-state index contributed by atoms with van der Waals surface area (Å²) in [5, 5.41) is 0. The number of hydrogen-bond acceptors (Lipinski definition) is 5. The van der Waals surface area contributed by atoms with E-state index < -0.39 is 0 Å². The highest BCUT2D eigenvalue weighted by molar-refractivity contribution is 5.80. The summed E-state index contributed by atoms with van der Waals surface area (Å²) in [5.74, 6) is -0.0111. The molecule has 2 aliphatic heterocycles. The van der Waals surface area contributed by atoms with Gasteiger partial charge in [-0.2, -0.15) is 0 Å². The van der Waals surface area contributed by atoms with Crippen LogP contribution in [0.1, 0.15) is 26.2 Å². The van der Waals surface area contributed by atoms with Gasteiger partial charge in [0.2, 0.25) is 5.91 Å². The molecular formula is C18H32N4O4. The summed E-state index contributed by atoms with van der Waals surface area (Å²) in [7, 11) is 3.50. The number of urea groups is 1. The van der Waals surface area contributed by atoms with Crippen molar-refractivity contribution >= 4 is 17.9 Å². The molecule has 8 nitrogen and oxygen atoms in total. The molecule has 0 atom stereocenters. The number of nitrogens with zero attached hydrogens (tertiary/aromatic N) is 4. The van der Waals surface area contributed by atoms with E-state index in [0.717, 1.165) is 32.4 Å². The average Bonchev–Trinajstić information content (AvgIpc) is 2.86. The largest absolute Gasteiger partial charge is 0.465 e. The highest BCUT2D eigenvalue weighted by Crippen LogP contribution is 2.21. The van der Waals surface area contributed by atoms with Crippen molar-refractivity contribution in [3.63, 3.8) is 0 Å². The lowest BCUT2D eigenvalue weighted by molar-refractivity contribution is -0.144. The van der Waals surface area contributed by atoms with Gasteiger partial charge in [0.25, 0.3) is 0 Å². The van der Waals surface area contributed by atoms with Crippen LogP contribution in [0.3, 0.4) is 0 Å². The molecule has 0 saturated carbocycles. The van der Waals surface area contributed by atoms with Crippen LogP contribution in [0.5, 0.6) is 0 Å². The summed E-state index contributed by atoms with van der Waals surface area (Å²) in [6.45, 7) is 6.64. The third-order valence-electron chi connectivity index (χ3n) is 5.06. The van der Waals surface area contributed by atoms with Crippen LogP contribution >= 0.6 is 0 Å². The monoisotopic (exact) mass is 368 g/mol. The molecule has 0 radical (unpaired) electrons. The van der Waals surface area contributed by atoms with Crippen LogP contribution in [0, 0.1) is 5.92 Å². The quantitative estimate of drug-likeness (QED) is 0.675. The fourth-order valence-corrected chi connectivity index (χ4v) is 3.60. The van der Waals surface area contributed by atoms with Gasteiger partial charge in [0.1, 0.15) is 0 Å². The van der Waals surface area contributed by atoms with E-state index >= 15 is 0 Å².